The Morgan fingerprint density at radius 2 is 2.09 bits per heavy atom. The van der Waals surface area contributed by atoms with Crippen LogP contribution in [-0.2, 0) is 11.3 Å². The summed E-state index contributed by atoms with van der Waals surface area (Å²) in [5.74, 6) is -0.279. The van der Waals surface area contributed by atoms with Crippen molar-refractivity contribution in [1.82, 2.24) is 15.1 Å². The Kier molecular flexibility index (Phi) is 5.64. The first-order valence-electron chi connectivity index (χ1n) is 6.92. The number of ether oxygens (including phenoxy) is 1. The van der Waals surface area contributed by atoms with Gasteiger partial charge in [-0.2, -0.15) is 13.9 Å². The molecule has 1 heterocycles. The normalized spacial score (nSPS) is 12.2. The minimum absolute atomic E-state index is 0.00807. The quantitative estimate of drug-likeness (QED) is 0.811. The second-order valence-corrected chi connectivity index (χ2v) is 4.98. The maximum atomic E-state index is 12.0. The molecule has 124 valence electrons. The number of hydrogen-bond acceptors (Lipinski definition) is 4. The highest BCUT2D eigenvalue weighted by Crippen LogP contribution is 2.18. The van der Waals surface area contributed by atoms with Crippen molar-refractivity contribution in [3.8, 4) is 5.75 Å². The predicted molar refractivity (Wildman–Crippen MR) is 78.0 cm³/mol. The number of aromatic nitrogens is 2. The number of nitrogens with zero attached hydrogens (tertiary/aromatic N) is 2. The molecule has 0 aliphatic rings. The maximum absolute atomic E-state index is 12.0. The summed E-state index contributed by atoms with van der Waals surface area (Å²) in [6.45, 7) is -0.960. The van der Waals surface area contributed by atoms with E-state index in [1.807, 2.05) is 6.92 Å². The minimum atomic E-state index is -2.89. The summed E-state index contributed by atoms with van der Waals surface area (Å²) in [6, 6.07) is 5.59. The maximum Gasteiger partial charge on any atom is 0.387 e. The van der Waals surface area contributed by atoms with E-state index in [1.54, 1.807) is 12.4 Å². The van der Waals surface area contributed by atoms with E-state index in [2.05, 4.69) is 15.2 Å². The van der Waals surface area contributed by atoms with Gasteiger partial charge in [0.15, 0.2) is 0 Å². The lowest BCUT2D eigenvalue weighted by molar-refractivity contribution is -0.122. The molecule has 0 saturated heterocycles. The third kappa shape index (κ3) is 5.33. The van der Waals surface area contributed by atoms with Gasteiger partial charge in [-0.1, -0.05) is 12.1 Å². The second-order valence-electron chi connectivity index (χ2n) is 4.98. The molecule has 2 N–H and O–H groups in total. The minimum Gasteiger partial charge on any atom is -0.435 e. The first-order chi connectivity index (χ1) is 10.9. The van der Waals surface area contributed by atoms with Crippen LogP contribution in [0.1, 0.15) is 17.2 Å². The van der Waals surface area contributed by atoms with Crippen LogP contribution >= 0.6 is 0 Å². The number of hydrogen-bond donors (Lipinski definition) is 2. The molecular formula is C15H17F2N3O3. The van der Waals surface area contributed by atoms with Crippen LogP contribution in [0.4, 0.5) is 8.78 Å². The average molecular weight is 325 g/mol. The zero-order valence-electron chi connectivity index (χ0n) is 12.4. The van der Waals surface area contributed by atoms with Crippen LogP contribution < -0.4 is 10.1 Å². The lowest BCUT2D eigenvalue weighted by Crippen LogP contribution is -2.31. The first kappa shape index (κ1) is 16.9. The smallest absolute Gasteiger partial charge is 0.387 e. The molecule has 23 heavy (non-hydrogen) atoms. The molecule has 0 fully saturated rings. The summed E-state index contributed by atoms with van der Waals surface area (Å²) in [5, 5.41) is 16.6. The van der Waals surface area contributed by atoms with E-state index in [-0.39, 0.29) is 24.7 Å². The van der Waals surface area contributed by atoms with Gasteiger partial charge in [-0.3, -0.25) is 9.48 Å². The highest BCUT2D eigenvalue weighted by Gasteiger charge is 2.11. The Morgan fingerprint density at radius 3 is 2.65 bits per heavy atom. The number of nitrogens with one attached hydrogen (secondary N) is 1. The molecule has 1 amide bonds. The van der Waals surface area contributed by atoms with E-state index in [4.69, 9.17) is 0 Å². The molecule has 0 saturated carbocycles. The third-order valence-electron chi connectivity index (χ3n) is 3.05. The van der Waals surface area contributed by atoms with Gasteiger partial charge in [0.2, 0.25) is 5.91 Å². The van der Waals surface area contributed by atoms with Crippen LogP contribution in [-0.4, -0.2) is 34.0 Å². The largest absolute Gasteiger partial charge is 0.435 e. The number of aliphatic hydroxyl groups excluding tert-OH is 1. The van der Waals surface area contributed by atoms with Gasteiger partial charge >= 0.3 is 6.61 Å². The van der Waals surface area contributed by atoms with Crippen molar-refractivity contribution in [3.63, 3.8) is 0 Å². The SMILES string of the molecule is Cc1cnn(CC(=O)NC[C@@H](O)c2ccc(OC(F)F)cc2)c1. The van der Waals surface area contributed by atoms with Gasteiger partial charge in [0.25, 0.3) is 0 Å². The molecule has 2 rings (SSSR count). The molecule has 1 aromatic carbocycles. The number of carbonyl (C=O) groups is 1. The Bertz CT molecular complexity index is 644. The molecule has 0 radical (unpaired) electrons. The van der Waals surface area contributed by atoms with Crippen molar-refractivity contribution in [2.75, 3.05) is 6.54 Å². The number of aliphatic hydroxyl groups is 1. The van der Waals surface area contributed by atoms with Crippen LogP contribution in [0.15, 0.2) is 36.7 Å². The van der Waals surface area contributed by atoms with Gasteiger partial charge < -0.3 is 15.2 Å². The summed E-state index contributed by atoms with van der Waals surface area (Å²) in [7, 11) is 0. The summed E-state index contributed by atoms with van der Waals surface area (Å²) in [6.07, 6.45) is 2.43. The van der Waals surface area contributed by atoms with Gasteiger partial charge in [0.1, 0.15) is 12.3 Å². The molecule has 1 aromatic heterocycles. The molecule has 6 nitrogen and oxygen atoms in total. The van der Waals surface area contributed by atoms with Crippen LogP contribution in [0, 0.1) is 6.92 Å². The number of aryl methyl sites for hydroxylation is 1. The van der Waals surface area contributed by atoms with Crippen LogP contribution in [0.25, 0.3) is 0 Å². The Balaban J connectivity index is 1.81. The zero-order chi connectivity index (χ0) is 16.8. The Hall–Kier alpha value is -2.48. The fraction of sp³-hybridized carbons (Fsp3) is 0.333. The molecule has 0 unspecified atom stereocenters. The number of alkyl halides is 2. The van der Waals surface area contributed by atoms with Crippen molar-refractivity contribution in [1.29, 1.82) is 0 Å². The van der Waals surface area contributed by atoms with Crippen molar-refractivity contribution in [2.24, 2.45) is 0 Å². The van der Waals surface area contributed by atoms with Gasteiger partial charge in [-0.05, 0) is 30.2 Å². The van der Waals surface area contributed by atoms with Crippen molar-refractivity contribution >= 4 is 5.91 Å². The van der Waals surface area contributed by atoms with Crippen LogP contribution in [0.5, 0.6) is 5.75 Å². The molecule has 8 heteroatoms. The second kappa shape index (κ2) is 7.68. The number of amides is 1. The number of carbonyl (C=O) groups excluding carboxylic acids is 1. The molecule has 0 bridgehead atoms. The standard InChI is InChI=1S/C15H17F2N3O3/c1-10-6-19-20(8-10)9-14(22)18-7-13(21)11-2-4-12(5-3-11)23-15(16)17/h2-6,8,13,15,21H,7,9H2,1H3,(H,18,22)/t13-/m1/s1. The Morgan fingerprint density at radius 1 is 1.39 bits per heavy atom. The number of halogens is 2. The van der Waals surface area contributed by atoms with Crippen molar-refractivity contribution in [2.45, 2.75) is 26.2 Å². The van der Waals surface area contributed by atoms with Crippen molar-refractivity contribution in [3.05, 3.63) is 47.8 Å². The van der Waals surface area contributed by atoms with Gasteiger partial charge in [-0.15, -0.1) is 0 Å². The number of benzene rings is 1. The van der Waals surface area contributed by atoms with Crippen molar-refractivity contribution < 1.29 is 23.4 Å². The summed E-state index contributed by atoms with van der Waals surface area (Å²) in [4.78, 5) is 11.7. The highest BCUT2D eigenvalue weighted by molar-refractivity contribution is 5.75. The summed E-state index contributed by atoms with van der Waals surface area (Å²) < 4.78 is 29.8. The summed E-state index contributed by atoms with van der Waals surface area (Å²) in [5.41, 5.74) is 1.44. The molecule has 0 aliphatic heterocycles. The molecule has 1 atom stereocenters. The zero-order valence-corrected chi connectivity index (χ0v) is 12.4. The molecular weight excluding hydrogens is 308 g/mol. The predicted octanol–water partition coefficient (Wildman–Crippen LogP) is 1.64. The fourth-order valence-corrected chi connectivity index (χ4v) is 1.96. The van der Waals surface area contributed by atoms with E-state index in [0.717, 1.165) is 5.56 Å². The lowest BCUT2D eigenvalue weighted by Gasteiger charge is -2.13. The third-order valence-corrected chi connectivity index (χ3v) is 3.05. The lowest BCUT2D eigenvalue weighted by atomic mass is 10.1. The molecule has 2 aromatic rings. The average Bonchev–Trinajstić information content (AvgIpc) is 2.90. The number of rotatable bonds is 7. The topological polar surface area (TPSA) is 76.4 Å². The monoisotopic (exact) mass is 325 g/mol. The summed E-state index contributed by atoms with van der Waals surface area (Å²) >= 11 is 0. The molecule has 0 aliphatic carbocycles. The van der Waals surface area contributed by atoms with Gasteiger partial charge in [-0.25, -0.2) is 0 Å². The highest BCUT2D eigenvalue weighted by atomic mass is 19.3. The van der Waals surface area contributed by atoms with Crippen LogP contribution in [0.2, 0.25) is 0 Å². The van der Waals surface area contributed by atoms with Gasteiger partial charge in [0, 0.05) is 12.7 Å². The van der Waals surface area contributed by atoms with E-state index in [9.17, 15) is 18.7 Å². The van der Waals surface area contributed by atoms with E-state index < -0.39 is 12.7 Å². The Labute approximate surface area is 131 Å². The van der Waals surface area contributed by atoms with E-state index >= 15 is 0 Å². The first-order valence-corrected chi connectivity index (χ1v) is 6.92. The molecule has 0 spiro atoms. The van der Waals surface area contributed by atoms with Gasteiger partial charge in [0.05, 0.1) is 12.3 Å². The van der Waals surface area contributed by atoms with Crippen LogP contribution in [0.3, 0.4) is 0 Å². The fourth-order valence-electron chi connectivity index (χ4n) is 1.96. The van der Waals surface area contributed by atoms with E-state index in [1.165, 1.54) is 28.9 Å². The van der Waals surface area contributed by atoms with E-state index in [0.29, 0.717) is 5.56 Å².